The Balaban J connectivity index is 1.81. The number of hydrogen-bond acceptors (Lipinski definition) is 4. The molecule has 0 spiro atoms. The highest BCUT2D eigenvalue weighted by Crippen LogP contribution is 2.27. The van der Waals surface area contributed by atoms with Gasteiger partial charge in [-0.1, -0.05) is 36.0 Å². The van der Waals surface area contributed by atoms with Crippen molar-refractivity contribution in [1.29, 1.82) is 5.26 Å². The van der Waals surface area contributed by atoms with Crippen molar-refractivity contribution in [2.24, 2.45) is 0 Å². The van der Waals surface area contributed by atoms with E-state index in [0.29, 0.717) is 10.6 Å². The van der Waals surface area contributed by atoms with Gasteiger partial charge in [-0.05, 0) is 49.2 Å². The molecule has 0 aliphatic carbocycles. The van der Waals surface area contributed by atoms with Crippen LogP contribution in [0.15, 0.2) is 53.6 Å². The van der Waals surface area contributed by atoms with Crippen LogP contribution in [0.25, 0.3) is 10.9 Å². The summed E-state index contributed by atoms with van der Waals surface area (Å²) in [5.41, 5.74) is 4.32. The molecule has 0 aliphatic heterocycles. The van der Waals surface area contributed by atoms with Crippen LogP contribution in [-0.4, -0.2) is 16.6 Å². The quantitative estimate of drug-likeness (QED) is 0.708. The number of benzene rings is 2. The number of pyridine rings is 1. The fourth-order valence-corrected chi connectivity index (χ4v) is 3.42. The number of carbonyl (C=O) groups is 1. The fourth-order valence-electron chi connectivity index (χ4n) is 2.65. The maximum Gasteiger partial charge on any atom is 0.234 e. The first-order valence-corrected chi connectivity index (χ1v) is 8.85. The molecule has 1 aromatic heterocycles. The molecule has 4 nitrogen and oxygen atoms in total. The van der Waals surface area contributed by atoms with Gasteiger partial charge in [-0.2, -0.15) is 5.26 Å². The predicted octanol–water partition coefficient (Wildman–Crippen LogP) is 4.45. The van der Waals surface area contributed by atoms with Crippen LogP contribution in [0.2, 0.25) is 0 Å². The van der Waals surface area contributed by atoms with Gasteiger partial charge in [0.1, 0.15) is 11.1 Å². The second kappa shape index (κ2) is 7.37. The number of para-hydroxylation sites is 1. The first kappa shape index (κ1) is 17.0. The van der Waals surface area contributed by atoms with E-state index in [1.54, 1.807) is 0 Å². The summed E-state index contributed by atoms with van der Waals surface area (Å²) in [6.45, 7) is 4.03. The summed E-state index contributed by atoms with van der Waals surface area (Å²) in [5.74, 6) is 0.0785. The average Bonchev–Trinajstić information content (AvgIpc) is 2.60. The van der Waals surface area contributed by atoms with E-state index in [1.165, 1.54) is 11.8 Å². The molecule has 0 saturated heterocycles. The van der Waals surface area contributed by atoms with Gasteiger partial charge in [0.25, 0.3) is 0 Å². The minimum absolute atomic E-state index is 0.123. The number of aromatic nitrogens is 1. The number of aryl methyl sites for hydroxylation is 2. The third kappa shape index (κ3) is 3.98. The van der Waals surface area contributed by atoms with E-state index in [2.05, 4.69) is 22.4 Å². The van der Waals surface area contributed by atoms with E-state index in [-0.39, 0.29) is 11.7 Å². The lowest BCUT2D eigenvalue weighted by atomic mass is 10.1. The van der Waals surface area contributed by atoms with Gasteiger partial charge in [0, 0.05) is 11.1 Å². The van der Waals surface area contributed by atoms with Crippen molar-refractivity contribution in [3.05, 3.63) is 65.2 Å². The largest absolute Gasteiger partial charge is 0.325 e. The molecule has 5 heteroatoms. The highest BCUT2D eigenvalue weighted by Gasteiger charge is 2.12. The van der Waals surface area contributed by atoms with Crippen LogP contribution >= 0.6 is 11.8 Å². The van der Waals surface area contributed by atoms with E-state index >= 15 is 0 Å². The summed E-state index contributed by atoms with van der Waals surface area (Å²) in [4.78, 5) is 16.7. The number of nitrogens with zero attached hydrogens (tertiary/aromatic N) is 2. The summed E-state index contributed by atoms with van der Waals surface area (Å²) in [6, 6.07) is 17.4. The van der Waals surface area contributed by atoms with Crippen LogP contribution in [0.4, 0.5) is 5.69 Å². The molecule has 124 valence electrons. The Kier molecular flexibility index (Phi) is 5.01. The van der Waals surface area contributed by atoms with Crippen molar-refractivity contribution >= 4 is 34.3 Å². The Morgan fingerprint density at radius 1 is 1.20 bits per heavy atom. The molecule has 3 aromatic rings. The SMILES string of the molecule is Cc1cc(C)c2cc(C#N)c(SCC(=O)Nc3ccccc3)nc2c1. The van der Waals surface area contributed by atoms with Crippen LogP contribution in [0, 0.1) is 25.2 Å². The van der Waals surface area contributed by atoms with Crippen molar-refractivity contribution < 1.29 is 4.79 Å². The van der Waals surface area contributed by atoms with Gasteiger partial charge in [0.15, 0.2) is 0 Å². The van der Waals surface area contributed by atoms with Crippen LogP contribution in [0.5, 0.6) is 0 Å². The first-order valence-electron chi connectivity index (χ1n) is 7.86. The molecule has 1 amide bonds. The number of amides is 1. The summed E-state index contributed by atoms with van der Waals surface area (Å²) >= 11 is 1.28. The third-order valence-electron chi connectivity index (χ3n) is 3.77. The average molecular weight is 347 g/mol. The molecule has 0 aliphatic rings. The summed E-state index contributed by atoms with van der Waals surface area (Å²) in [6.07, 6.45) is 0. The van der Waals surface area contributed by atoms with Crippen molar-refractivity contribution in [2.75, 3.05) is 11.1 Å². The second-order valence-corrected chi connectivity index (χ2v) is 6.77. The minimum Gasteiger partial charge on any atom is -0.325 e. The van der Waals surface area contributed by atoms with Crippen molar-refractivity contribution in [1.82, 2.24) is 4.98 Å². The molecule has 25 heavy (non-hydrogen) atoms. The Bertz CT molecular complexity index is 978. The van der Waals surface area contributed by atoms with Gasteiger partial charge in [0.05, 0.1) is 16.8 Å². The van der Waals surface area contributed by atoms with E-state index < -0.39 is 0 Å². The minimum atomic E-state index is -0.123. The van der Waals surface area contributed by atoms with E-state index in [4.69, 9.17) is 0 Å². The molecular formula is C20H17N3OS. The van der Waals surface area contributed by atoms with E-state index in [9.17, 15) is 10.1 Å². The molecule has 2 aromatic carbocycles. The fraction of sp³-hybridized carbons (Fsp3) is 0.150. The zero-order chi connectivity index (χ0) is 17.8. The monoisotopic (exact) mass is 347 g/mol. The Morgan fingerprint density at radius 3 is 2.68 bits per heavy atom. The van der Waals surface area contributed by atoms with E-state index in [0.717, 1.165) is 27.7 Å². The Hall–Kier alpha value is -2.84. The lowest BCUT2D eigenvalue weighted by Gasteiger charge is -2.09. The number of rotatable bonds is 4. The van der Waals surface area contributed by atoms with Gasteiger partial charge in [-0.25, -0.2) is 4.98 Å². The van der Waals surface area contributed by atoms with Crippen LogP contribution in [-0.2, 0) is 4.79 Å². The maximum atomic E-state index is 12.1. The number of fused-ring (bicyclic) bond motifs is 1. The van der Waals surface area contributed by atoms with Gasteiger partial charge < -0.3 is 5.32 Å². The lowest BCUT2D eigenvalue weighted by Crippen LogP contribution is -2.14. The number of anilines is 1. The molecule has 0 unspecified atom stereocenters. The van der Waals surface area contributed by atoms with Gasteiger partial charge >= 0.3 is 0 Å². The van der Waals surface area contributed by atoms with Crippen molar-refractivity contribution in [3.63, 3.8) is 0 Å². The molecule has 0 fully saturated rings. The third-order valence-corrected chi connectivity index (χ3v) is 4.76. The molecule has 0 radical (unpaired) electrons. The molecule has 0 atom stereocenters. The molecule has 1 heterocycles. The van der Waals surface area contributed by atoms with Crippen LogP contribution < -0.4 is 5.32 Å². The molecule has 1 N–H and O–H groups in total. The highest BCUT2D eigenvalue weighted by molar-refractivity contribution is 8.00. The summed E-state index contributed by atoms with van der Waals surface area (Å²) in [5, 5.41) is 13.8. The second-order valence-electron chi connectivity index (χ2n) is 5.80. The number of hydrogen-bond donors (Lipinski definition) is 1. The van der Waals surface area contributed by atoms with Gasteiger partial charge in [0.2, 0.25) is 5.91 Å². The number of carbonyl (C=O) groups excluding carboxylic acids is 1. The molecule has 3 rings (SSSR count). The maximum absolute atomic E-state index is 12.1. The Labute approximate surface area is 150 Å². The van der Waals surface area contributed by atoms with Crippen LogP contribution in [0.1, 0.15) is 16.7 Å². The standard InChI is InChI=1S/C20H17N3OS/c1-13-8-14(2)17-10-15(11-21)20(23-18(17)9-13)25-12-19(24)22-16-6-4-3-5-7-16/h3-10H,12H2,1-2H3,(H,22,24). The van der Waals surface area contributed by atoms with Crippen LogP contribution in [0.3, 0.4) is 0 Å². The summed E-state index contributed by atoms with van der Waals surface area (Å²) in [7, 11) is 0. The number of nitrogens with one attached hydrogen (secondary N) is 1. The first-order chi connectivity index (χ1) is 12.1. The van der Waals surface area contributed by atoms with Crippen molar-refractivity contribution in [2.45, 2.75) is 18.9 Å². The van der Waals surface area contributed by atoms with Crippen molar-refractivity contribution in [3.8, 4) is 6.07 Å². The molecular weight excluding hydrogens is 330 g/mol. The highest BCUT2D eigenvalue weighted by atomic mass is 32.2. The topological polar surface area (TPSA) is 65.8 Å². The lowest BCUT2D eigenvalue weighted by molar-refractivity contribution is -0.113. The normalized spacial score (nSPS) is 10.4. The Morgan fingerprint density at radius 2 is 1.96 bits per heavy atom. The zero-order valence-electron chi connectivity index (χ0n) is 14.0. The zero-order valence-corrected chi connectivity index (χ0v) is 14.9. The smallest absolute Gasteiger partial charge is 0.234 e. The number of thioether (sulfide) groups is 1. The van der Waals surface area contributed by atoms with Gasteiger partial charge in [-0.3, -0.25) is 4.79 Å². The molecule has 0 saturated carbocycles. The van der Waals surface area contributed by atoms with Gasteiger partial charge in [-0.15, -0.1) is 0 Å². The number of nitriles is 1. The molecule has 0 bridgehead atoms. The summed E-state index contributed by atoms with van der Waals surface area (Å²) < 4.78 is 0. The predicted molar refractivity (Wildman–Crippen MR) is 102 cm³/mol. The van der Waals surface area contributed by atoms with E-state index in [1.807, 2.05) is 56.3 Å².